The molecule has 1 aromatic rings. The van der Waals surface area contributed by atoms with E-state index in [1.165, 1.54) is 12.1 Å². The van der Waals surface area contributed by atoms with E-state index in [2.05, 4.69) is 0 Å². The Balaban J connectivity index is 2.77. The van der Waals surface area contributed by atoms with Gasteiger partial charge < -0.3 is 9.84 Å². The molecule has 0 bridgehead atoms. The number of rotatable bonds is 4. The lowest BCUT2D eigenvalue weighted by atomic mass is 10.1. The molecule has 0 aliphatic rings. The number of carbonyl (C=O) groups is 1. The van der Waals surface area contributed by atoms with Crippen molar-refractivity contribution >= 4 is 17.6 Å². The van der Waals surface area contributed by atoms with Crippen LogP contribution in [0.2, 0.25) is 5.02 Å². The first-order valence-electron chi connectivity index (χ1n) is 4.90. The third-order valence-electron chi connectivity index (χ3n) is 2.19. The molecule has 1 atom stereocenters. The van der Waals surface area contributed by atoms with Crippen molar-refractivity contribution in [1.82, 2.24) is 0 Å². The predicted octanol–water partition coefficient (Wildman–Crippen LogP) is 3.29. The zero-order chi connectivity index (χ0) is 13.9. The molecule has 0 spiro atoms. The molecule has 0 aromatic heterocycles. The highest BCUT2D eigenvalue weighted by Gasteiger charge is 2.45. The van der Waals surface area contributed by atoms with Crippen molar-refractivity contribution in [3.63, 3.8) is 0 Å². The Morgan fingerprint density at radius 2 is 2.11 bits per heavy atom. The Kier molecular flexibility index (Phi) is 4.45. The Labute approximate surface area is 106 Å². The summed E-state index contributed by atoms with van der Waals surface area (Å²) >= 11 is 5.75. The molecule has 0 amide bonds. The minimum Gasteiger partial charge on any atom is -0.491 e. The topological polar surface area (TPSA) is 46.5 Å². The Hall–Kier alpha value is -1.43. The van der Waals surface area contributed by atoms with Gasteiger partial charge in [0.25, 0.3) is 0 Å². The molecule has 1 aromatic carbocycles. The highest BCUT2D eigenvalue weighted by atomic mass is 35.5. The number of carboxylic acids is 1. The molecule has 0 saturated heterocycles. The van der Waals surface area contributed by atoms with Gasteiger partial charge in [0.2, 0.25) is 0 Å². The molecule has 0 saturated carbocycles. The summed E-state index contributed by atoms with van der Waals surface area (Å²) in [6.45, 7) is 0.743. The minimum atomic E-state index is -4.86. The number of ether oxygens (including phenoxy) is 1. The van der Waals surface area contributed by atoms with Crippen LogP contribution in [0.25, 0.3) is 0 Å². The summed E-state index contributed by atoms with van der Waals surface area (Å²) in [5.74, 6) is -4.53. The van der Waals surface area contributed by atoms with Crippen molar-refractivity contribution in [2.45, 2.75) is 13.1 Å². The highest BCUT2D eigenvalue weighted by molar-refractivity contribution is 6.32. The Morgan fingerprint density at radius 1 is 1.50 bits per heavy atom. The molecule has 7 heteroatoms. The fraction of sp³-hybridized carbons (Fsp3) is 0.364. The molecule has 1 rings (SSSR count). The lowest BCUT2D eigenvalue weighted by Crippen LogP contribution is -2.35. The van der Waals surface area contributed by atoms with Gasteiger partial charge >= 0.3 is 12.1 Å². The molecule has 1 N–H and O–H groups in total. The van der Waals surface area contributed by atoms with Crippen molar-refractivity contribution in [2.75, 3.05) is 6.61 Å². The lowest BCUT2D eigenvalue weighted by Gasteiger charge is -2.17. The number of hydrogen-bond donors (Lipinski definition) is 1. The fourth-order valence-corrected chi connectivity index (χ4v) is 1.49. The predicted molar refractivity (Wildman–Crippen MR) is 58.9 cm³/mol. The number of alkyl halides is 3. The van der Waals surface area contributed by atoms with Gasteiger partial charge in [0.15, 0.2) is 5.92 Å². The van der Waals surface area contributed by atoms with Gasteiger partial charge in [0, 0.05) is 0 Å². The van der Waals surface area contributed by atoms with Crippen LogP contribution in [0.15, 0.2) is 18.2 Å². The molecule has 0 radical (unpaired) electrons. The average molecular weight is 283 g/mol. The number of carboxylic acid groups (broad SMARTS) is 1. The minimum absolute atomic E-state index is 0.0257. The van der Waals surface area contributed by atoms with Gasteiger partial charge in [-0.1, -0.05) is 17.7 Å². The van der Waals surface area contributed by atoms with E-state index in [9.17, 15) is 18.0 Å². The van der Waals surface area contributed by atoms with Crippen LogP contribution in [0, 0.1) is 12.8 Å². The number of aryl methyl sites for hydroxylation is 1. The fourth-order valence-electron chi connectivity index (χ4n) is 1.20. The van der Waals surface area contributed by atoms with Crippen LogP contribution in [0.5, 0.6) is 5.75 Å². The van der Waals surface area contributed by atoms with Crippen LogP contribution < -0.4 is 4.74 Å². The van der Waals surface area contributed by atoms with Gasteiger partial charge in [-0.3, -0.25) is 4.79 Å². The molecular weight excluding hydrogens is 273 g/mol. The third kappa shape index (κ3) is 3.80. The maximum atomic E-state index is 12.3. The lowest BCUT2D eigenvalue weighted by molar-refractivity contribution is -0.198. The smallest absolute Gasteiger partial charge is 0.405 e. The number of halogens is 4. The van der Waals surface area contributed by atoms with Gasteiger partial charge in [-0.15, -0.1) is 0 Å². The summed E-state index contributed by atoms with van der Waals surface area (Å²) in [7, 11) is 0. The number of hydrogen-bond acceptors (Lipinski definition) is 2. The van der Waals surface area contributed by atoms with E-state index in [1.54, 1.807) is 13.0 Å². The molecule has 18 heavy (non-hydrogen) atoms. The van der Waals surface area contributed by atoms with Gasteiger partial charge in [-0.25, -0.2) is 0 Å². The Bertz CT molecular complexity index is 446. The molecular formula is C11H10ClF3O3. The van der Waals surface area contributed by atoms with Gasteiger partial charge in [0.1, 0.15) is 12.4 Å². The van der Waals surface area contributed by atoms with E-state index in [1.807, 2.05) is 0 Å². The Morgan fingerprint density at radius 3 is 2.56 bits per heavy atom. The first-order chi connectivity index (χ1) is 8.21. The van der Waals surface area contributed by atoms with Crippen LogP contribution in [-0.4, -0.2) is 23.9 Å². The molecule has 0 heterocycles. The third-order valence-corrected chi connectivity index (χ3v) is 2.48. The van der Waals surface area contributed by atoms with Crippen LogP contribution >= 0.6 is 11.6 Å². The molecule has 3 nitrogen and oxygen atoms in total. The zero-order valence-corrected chi connectivity index (χ0v) is 10.0. The summed E-state index contributed by atoms with van der Waals surface area (Å²) < 4.78 is 41.8. The van der Waals surface area contributed by atoms with Crippen LogP contribution in [0.1, 0.15) is 5.56 Å². The number of aliphatic carboxylic acids is 1. The van der Waals surface area contributed by atoms with Crippen molar-refractivity contribution < 1.29 is 27.8 Å². The van der Waals surface area contributed by atoms with Crippen molar-refractivity contribution in [3.8, 4) is 5.75 Å². The molecule has 100 valence electrons. The molecule has 0 aliphatic heterocycles. The van der Waals surface area contributed by atoms with Crippen molar-refractivity contribution in [2.24, 2.45) is 5.92 Å². The van der Waals surface area contributed by atoms with Crippen molar-refractivity contribution in [3.05, 3.63) is 28.8 Å². The first-order valence-corrected chi connectivity index (χ1v) is 5.28. The maximum Gasteiger partial charge on any atom is 0.405 e. The highest BCUT2D eigenvalue weighted by Crippen LogP contribution is 2.30. The maximum absolute atomic E-state index is 12.3. The van der Waals surface area contributed by atoms with Crippen LogP contribution in [0.3, 0.4) is 0 Å². The average Bonchev–Trinajstić information content (AvgIpc) is 2.18. The van der Waals surface area contributed by atoms with Crippen LogP contribution in [0.4, 0.5) is 13.2 Å². The van der Waals surface area contributed by atoms with Crippen molar-refractivity contribution in [1.29, 1.82) is 0 Å². The zero-order valence-electron chi connectivity index (χ0n) is 9.29. The molecule has 0 aliphatic carbocycles. The normalized spacial score (nSPS) is 13.2. The second-order valence-electron chi connectivity index (χ2n) is 3.68. The van der Waals surface area contributed by atoms with E-state index < -0.39 is 24.7 Å². The van der Waals surface area contributed by atoms with Crippen LogP contribution in [-0.2, 0) is 4.79 Å². The summed E-state index contributed by atoms with van der Waals surface area (Å²) in [6, 6.07) is 4.51. The SMILES string of the molecule is Cc1ccc(OCC(C(=O)O)C(F)(F)F)c(Cl)c1. The van der Waals surface area contributed by atoms with E-state index in [0.717, 1.165) is 5.56 Å². The summed E-state index contributed by atoms with van der Waals surface area (Å²) in [5.41, 5.74) is 0.818. The summed E-state index contributed by atoms with van der Waals surface area (Å²) in [6.07, 6.45) is -4.86. The van der Waals surface area contributed by atoms with E-state index in [-0.39, 0.29) is 10.8 Å². The van der Waals surface area contributed by atoms with E-state index in [0.29, 0.717) is 0 Å². The summed E-state index contributed by atoms with van der Waals surface area (Å²) in [4.78, 5) is 10.5. The molecule has 0 fully saturated rings. The van der Waals surface area contributed by atoms with Gasteiger partial charge in [-0.05, 0) is 24.6 Å². The monoisotopic (exact) mass is 282 g/mol. The summed E-state index contributed by atoms with van der Waals surface area (Å²) in [5, 5.41) is 8.61. The van der Waals surface area contributed by atoms with Gasteiger partial charge in [0.05, 0.1) is 5.02 Å². The second-order valence-corrected chi connectivity index (χ2v) is 4.08. The van der Waals surface area contributed by atoms with E-state index in [4.69, 9.17) is 21.4 Å². The molecule has 1 unspecified atom stereocenters. The standard InChI is InChI=1S/C11H10ClF3O3/c1-6-2-3-9(8(12)4-6)18-5-7(10(16)17)11(13,14)15/h2-4,7H,5H2,1H3,(H,16,17). The van der Waals surface area contributed by atoms with Gasteiger partial charge in [-0.2, -0.15) is 13.2 Å². The van der Waals surface area contributed by atoms with E-state index >= 15 is 0 Å². The second kappa shape index (κ2) is 5.48. The number of benzene rings is 1. The largest absolute Gasteiger partial charge is 0.491 e. The first kappa shape index (κ1) is 14.6. The quantitative estimate of drug-likeness (QED) is 0.922.